The molecule has 0 bridgehead atoms. The highest BCUT2D eigenvalue weighted by Crippen LogP contribution is 2.22. The lowest BCUT2D eigenvalue weighted by Gasteiger charge is -2.05. The molecule has 0 saturated carbocycles. The summed E-state index contributed by atoms with van der Waals surface area (Å²) in [4.78, 5) is 17.5. The van der Waals surface area contributed by atoms with Crippen molar-refractivity contribution < 1.29 is 9.26 Å². The molecule has 3 aromatic heterocycles. The van der Waals surface area contributed by atoms with Gasteiger partial charge < -0.3 is 13.8 Å². The predicted molar refractivity (Wildman–Crippen MR) is 129 cm³/mol. The average Bonchev–Trinajstić information content (AvgIpc) is 3.49. The summed E-state index contributed by atoms with van der Waals surface area (Å²) in [6, 6.07) is 17.4. The Labute approximate surface area is 196 Å². The average molecular weight is 456 g/mol. The fourth-order valence-electron chi connectivity index (χ4n) is 3.71. The molecule has 0 spiro atoms. The molecule has 2 aromatic carbocycles. The first-order valence-electron chi connectivity index (χ1n) is 11.3. The van der Waals surface area contributed by atoms with Gasteiger partial charge in [-0.05, 0) is 49.7 Å². The summed E-state index contributed by atoms with van der Waals surface area (Å²) in [6.07, 6.45) is 5.54. The number of ether oxygens (including phenoxy) is 1. The first kappa shape index (κ1) is 21.6. The summed E-state index contributed by atoms with van der Waals surface area (Å²) in [6.45, 7) is 5.03. The van der Waals surface area contributed by atoms with Crippen LogP contribution >= 0.6 is 0 Å². The highest BCUT2D eigenvalue weighted by molar-refractivity contribution is 5.66. The van der Waals surface area contributed by atoms with Crippen LogP contribution in [0, 0.1) is 6.92 Å². The zero-order valence-electron chi connectivity index (χ0n) is 19.1. The van der Waals surface area contributed by atoms with Gasteiger partial charge in [-0.1, -0.05) is 42.3 Å². The van der Waals surface area contributed by atoms with Gasteiger partial charge in [-0.3, -0.25) is 4.79 Å². The Morgan fingerprint density at radius 1 is 1.03 bits per heavy atom. The molecule has 34 heavy (non-hydrogen) atoms. The van der Waals surface area contributed by atoms with Crippen molar-refractivity contribution in [3.8, 4) is 28.4 Å². The topological polar surface area (TPSA) is 87.5 Å². The normalized spacial score (nSPS) is 11.2. The molecular weight excluding hydrogens is 430 g/mol. The Kier molecular flexibility index (Phi) is 5.95. The quantitative estimate of drug-likeness (QED) is 0.314. The van der Waals surface area contributed by atoms with Crippen LogP contribution in [0.4, 0.5) is 0 Å². The first-order chi connectivity index (χ1) is 16.6. The van der Waals surface area contributed by atoms with Crippen LogP contribution in [0.15, 0.2) is 76.3 Å². The summed E-state index contributed by atoms with van der Waals surface area (Å²) >= 11 is 0. The van der Waals surface area contributed by atoms with Crippen LogP contribution in [0.3, 0.4) is 0 Å². The third-order valence-electron chi connectivity index (χ3n) is 5.57. The lowest BCUT2D eigenvalue weighted by Crippen LogP contribution is -2.21. The predicted octanol–water partition coefficient (Wildman–Crippen LogP) is 4.75. The highest BCUT2D eigenvalue weighted by Gasteiger charge is 2.13. The van der Waals surface area contributed by atoms with Crippen molar-refractivity contribution in [2.24, 2.45) is 0 Å². The number of benzene rings is 2. The maximum atomic E-state index is 13.1. The molecule has 0 N–H and O–H groups in total. The Balaban J connectivity index is 1.37. The van der Waals surface area contributed by atoms with Gasteiger partial charge in [0.15, 0.2) is 0 Å². The molecular formula is C26H25N5O3. The number of unbranched alkanes of at least 4 members (excludes halogenated alkanes) is 1. The van der Waals surface area contributed by atoms with Gasteiger partial charge in [0.1, 0.15) is 17.8 Å². The lowest BCUT2D eigenvalue weighted by atomic mass is 10.1. The van der Waals surface area contributed by atoms with Gasteiger partial charge in [-0.15, -0.1) is 0 Å². The van der Waals surface area contributed by atoms with Gasteiger partial charge in [-0.25, -0.2) is 4.52 Å². The van der Waals surface area contributed by atoms with E-state index in [1.54, 1.807) is 27.5 Å². The lowest BCUT2D eigenvalue weighted by molar-refractivity contribution is 0.309. The van der Waals surface area contributed by atoms with Crippen molar-refractivity contribution in [3.05, 3.63) is 88.8 Å². The van der Waals surface area contributed by atoms with Crippen LogP contribution in [0.1, 0.15) is 31.2 Å². The Hall–Kier alpha value is -4.20. The van der Waals surface area contributed by atoms with Crippen LogP contribution < -0.4 is 10.3 Å². The van der Waals surface area contributed by atoms with Crippen molar-refractivity contribution in [2.75, 3.05) is 6.61 Å². The van der Waals surface area contributed by atoms with Crippen LogP contribution in [-0.4, -0.2) is 30.9 Å². The highest BCUT2D eigenvalue weighted by atomic mass is 16.5. The van der Waals surface area contributed by atoms with Crippen molar-refractivity contribution in [1.82, 2.24) is 24.3 Å². The van der Waals surface area contributed by atoms with Crippen LogP contribution in [0.5, 0.6) is 5.75 Å². The first-order valence-corrected chi connectivity index (χ1v) is 11.3. The monoisotopic (exact) mass is 455 g/mol. The van der Waals surface area contributed by atoms with Gasteiger partial charge in [0.25, 0.3) is 5.56 Å². The minimum Gasteiger partial charge on any atom is -0.494 e. The maximum Gasteiger partial charge on any atom is 0.277 e. The molecule has 8 nitrogen and oxygen atoms in total. The second-order valence-corrected chi connectivity index (χ2v) is 8.20. The number of aryl methyl sites for hydroxylation is 1. The van der Waals surface area contributed by atoms with E-state index in [0.29, 0.717) is 23.8 Å². The molecule has 0 fully saturated rings. The van der Waals surface area contributed by atoms with Crippen LogP contribution in [0.2, 0.25) is 0 Å². The smallest absolute Gasteiger partial charge is 0.277 e. The van der Waals surface area contributed by atoms with E-state index < -0.39 is 0 Å². The second kappa shape index (κ2) is 9.35. The number of fused-ring (bicyclic) bond motifs is 1. The minimum atomic E-state index is -0.184. The minimum absolute atomic E-state index is 0.179. The summed E-state index contributed by atoms with van der Waals surface area (Å²) < 4.78 is 14.2. The fourth-order valence-corrected chi connectivity index (χ4v) is 3.71. The van der Waals surface area contributed by atoms with Gasteiger partial charge >= 0.3 is 0 Å². The molecule has 0 aliphatic carbocycles. The van der Waals surface area contributed by atoms with E-state index in [0.717, 1.165) is 41.0 Å². The van der Waals surface area contributed by atoms with Crippen molar-refractivity contribution >= 4 is 5.52 Å². The zero-order valence-corrected chi connectivity index (χ0v) is 19.1. The van der Waals surface area contributed by atoms with Crippen molar-refractivity contribution in [1.29, 1.82) is 0 Å². The fraction of sp³-hybridized carbons (Fsp3) is 0.231. The van der Waals surface area contributed by atoms with E-state index >= 15 is 0 Å². The number of hydrogen-bond donors (Lipinski definition) is 0. The molecule has 0 atom stereocenters. The molecule has 0 saturated heterocycles. The van der Waals surface area contributed by atoms with Crippen LogP contribution in [0.25, 0.3) is 28.2 Å². The van der Waals surface area contributed by atoms with E-state index in [1.807, 2.05) is 55.5 Å². The van der Waals surface area contributed by atoms with Gasteiger partial charge in [0, 0.05) is 23.5 Å². The number of nitrogens with zero attached hydrogens (tertiary/aromatic N) is 5. The Morgan fingerprint density at radius 3 is 2.68 bits per heavy atom. The maximum absolute atomic E-state index is 13.1. The molecule has 5 rings (SSSR count). The molecule has 0 aliphatic rings. The van der Waals surface area contributed by atoms with E-state index in [4.69, 9.17) is 9.26 Å². The summed E-state index contributed by atoms with van der Waals surface area (Å²) in [5.74, 6) is 1.69. The molecule has 5 aromatic rings. The molecule has 0 radical (unpaired) electrons. The molecule has 172 valence electrons. The van der Waals surface area contributed by atoms with E-state index in [1.165, 1.54) is 0 Å². The summed E-state index contributed by atoms with van der Waals surface area (Å²) in [5, 5.41) is 8.62. The van der Waals surface area contributed by atoms with E-state index in [9.17, 15) is 4.79 Å². The van der Waals surface area contributed by atoms with Crippen molar-refractivity contribution in [3.63, 3.8) is 0 Å². The van der Waals surface area contributed by atoms with Gasteiger partial charge in [0.05, 0.1) is 12.3 Å². The SMILES string of the molecule is CCCCOc1ccc(-c2cc3c(=O)n(Cc4nc(-c5cccc(C)c5)no4)ccn3n2)cc1. The van der Waals surface area contributed by atoms with E-state index in [-0.39, 0.29) is 12.1 Å². The number of rotatable bonds is 8. The van der Waals surface area contributed by atoms with Crippen molar-refractivity contribution in [2.45, 2.75) is 33.2 Å². The third-order valence-corrected chi connectivity index (χ3v) is 5.57. The standard InChI is InChI=1S/C26H25N5O3/c1-3-4-14-33-21-10-8-19(9-11-21)22-16-23-26(32)30(12-13-31(23)28-22)17-24-27-25(29-34-24)20-7-5-6-18(2)15-20/h5-13,15-16H,3-4,14,17H2,1-2H3. The Bertz CT molecular complexity index is 1480. The second-order valence-electron chi connectivity index (χ2n) is 8.20. The zero-order chi connectivity index (χ0) is 23.5. The Morgan fingerprint density at radius 2 is 1.88 bits per heavy atom. The molecule has 8 heteroatoms. The number of aromatic nitrogens is 5. The summed E-state index contributed by atoms with van der Waals surface area (Å²) in [7, 11) is 0. The van der Waals surface area contributed by atoms with Gasteiger partial charge in [0.2, 0.25) is 11.7 Å². The molecule has 0 unspecified atom stereocenters. The largest absolute Gasteiger partial charge is 0.494 e. The summed E-state index contributed by atoms with van der Waals surface area (Å²) in [5.41, 5.74) is 3.91. The molecule has 0 amide bonds. The molecule has 0 aliphatic heterocycles. The number of hydrogen-bond acceptors (Lipinski definition) is 6. The van der Waals surface area contributed by atoms with Gasteiger partial charge in [-0.2, -0.15) is 10.1 Å². The molecule has 3 heterocycles. The third kappa shape index (κ3) is 4.47. The van der Waals surface area contributed by atoms with Crippen LogP contribution in [-0.2, 0) is 6.54 Å². The van der Waals surface area contributed by atoms with E-state index in [2.05, 4.69) is 22.2 Å².